The zero-order valence-corrected chi connectivity index (χ0v) is 16.1. The van der Waals surface area contributed by atoms with Gasteiger partial charge in [-0.1, -0.05) is 0 Å². The van der Waals surface area contributed by atoms with E-state index >= 15 is 0 Å². The molecule has 0 spiro atoms. The molecule has 1 aromatic heterocycles. The van der Waals surface area contributed by atoms with E-state index < -0.39 is 0 Å². The average Bonchev–Trinajstić information content (AvgIpc) is 3.06. The Hall–Kier alpha value is -0.410. The van der Waals surface area contributed by atoms with Gasteiger partial charge in [-0.2, -0.15) is 0 Å². The van der Waals surface area contributed by atoms with Gasteiger partial charge >= 0.3 is 0 Å². The summed E-state index contributed by atoms with van der Waals surface area (Å²) in [5.74, 6) is 1.58. The molecule has 0 amide bonds. The van der Waals surface area contributed by atoms with Gasteiger partial charge in [-0.25, -0.2) is 9.98 Å². The molecule has 21 heavy (non-hydrogen) atoms. The topological polar surface area (TPSA) is 49.8 Å². The lowest BCUT2D eigenvalue weighted by atomic mass is 10.1. The van der Waals surface area contributed by atoms with Gasteiger partial charge in [0, 0.05) is 37.5 Å². The van der Waals surface area contributed by atoms with Gasteiger partial charge in [-0.3, -0.25) is 0 Å². The first-order valence-corrected chi connectivity index (χ1v) is 8.04. The summed E-state index contributed by atoms with van der Waals surface area (Å²) < 4.78 is 5.44. The highest BCUT2D eigenvalue weighted by molar-refractivity contribution is 14.0. The highest BCUT2D eigenvalue weighted by Gasteiger charge is 2.19. The summed E-state index contributed by atoms with van der Waals surface area (Å²) in [6.45, 7) is 8.47. The fourth-order valence-corrected chi connectivity index (χ4v) is 3.00. The van der Waals surface area contributed by atoms with Gasteiger partial charge in [0.15, 0.2) is 5.96 Å². The molecule has 1 N–H and O–H groups in total. The van der Waals surface area contributed by atoms with E-state index in [1.807, 2.05) is 12.4 Å². The van der Waals surface area contributed by atoms with Crippen LogP contribution in [0.3, 0.4) is 0 Å². The summed E-state index contributed by atoms with van der Waals surface area (Å²) >= 11 is 1.67. The number of nitrogens with zero attached hydrogens (tertiary/aromatic N) is 3. The SMILES string of the molecule is CCNC(=NCc1scnc1C)N(C)CC1CCOC1.I. The molecule has 1 unspecified atom stereocenters. The fourth-order valence-electron chi connectivity index (χ4n) is 2.30. The Balaban J connectivity index is 0.00000220. The van der Waals surface area contributed by atoms with Crippen LogP contribution in [0.15, 0.2) is 10.5 Å². The molecule has 1 aliphatic rings. The predicted octanol–water partition coefficient (Wildman–Crippen LogP) is 2.50. The van der Waals surface area contributed by atoms with Gasteiger partial charge in [0.2, 0.25) is 0 Å². The third kappa shape index (κ3) is 5.71. The Morgan fingerprint density at radius 3 is 3.00 bits per heavy atom. The Morgan fingerprint density at radius 2 is 2.43 bits per heavy atom. The van der Waals surface area contributed by atoms with Crippen molar-refractivity contribution in [2.24, 2.45) is 10.9 Å². The molecular formula is C14H25IN4OS. The van der Waals surface area contributed by atoms with Crippen LogP contribution in [0.4, 0.5) is 0 Å². The molecule has 1 aromatic rings. The highest BCUT2D eigenvalue weighted by atomic mass is 127. The molecule has 1 saturated heterocycles. The molecule has 0 aromatic carbocycles. The number of guanidine groups is 1. The maximum atomic E-state index is 5.44. The van der Waals surface area contributed by atoms with Crippen molar-refractivity contribution >= 4 is 41.3 Å². The van der Waals surface area contributed by atoms with Crippen molar-refractivity contribution in [2.45, 2.75) is 26.8 Å². The molecule has 0 saturated carbocycles. The summed E-state index contributed by atoms with van der Waals surface area (Å²) in [6.07, 6.45) is 1.15. The van der Waals surface area contributed by atoms with Crippen LogP contribution < -0.4 is 5.32 Å². The molecule has 2 heterocycles. The third-order valence-corrected chi connectivity index (χ3v) is 4.39. The smallest absolute Gasteiger partial charge is 0.194 e. The van der Waals surface area contributed by atoms with E-state index in [0.717, 1.165) is 44.4 Å². The van der Waals surface area contributed by atoms with E-state index in [9.17, 15) is 0 Å². The largest absolute Gasteiger partial charge is 0.381 e. The number of thiazole rings is 1. The summed E-state index contributed by atoms with van der Waals surface area (Å²) in [4.78, 5) is 12.4. The lowest BCUT2D eigenvalue weighted by Crippen LogP contribution is -2.41. The first-order valence-electron chi connectivity index (χ1n) is 7.16. The summed E-state index contributed by atoms with van der Waals surface area (Å²) in [6, 6.07) is 0. The maximum absolute atomic E-state index is 5.44. The van der Waals surface area contributed by atoms with Crippen LogP contribution in [0, 0.1) is 12.8 Å². The summed E-state index contributed by atoms with van der Waals surface area (Å²) in [5.41, 5.74) is 2.97. The van der Waals surface area contributed by atoms with E-state index in [1.54, 1.807) is 11.3 Å². The number of aryl methyl sites for hydroxylation is 1. The second-order valence-electron chi connectivity index (χ2n) is 5.14. The molecule has 0 aliphatic carbocycles. The lowest BCUT2D eigenvalue weighted by Gasteiger charge is -2.24. The molecule has 1 fully saturated rings. The van der Waals surface area contributed by atoms with Crippen molar-refractivity contribution < 1.29 is 4.74 Å². The third-order valence-electron chi connectivity index (χ3n) is 3.47. The molecule has 2 rings (SSSR count). The van der Waals surface area contributed by atoms with Crippen LogP contribution in [-0.4, -0.2) is 49.2 Å². The molecule has 5 nitrogen and oxygen atoms in total. The van der Waals surface area contributed by atoms with Gasteiger partial charge in [0.1, 0.15) is 0 Å². The first kappa shape index (κ1) is 18.6. The number of hydrogen-bond donors (Lipinski definition) is 1. The number of aliphatic imine (C=N–C) groups is 1. The van der Waals surface area contributed by atoms with Crippen molar-refractivity contribution in [3.63, 3.8) is 0 Å². The number of hydrogen-bond acceptors (Lipinski definition) is 4. The van der Waals surface area contributed by atoms with Gasteiger partial charge in [-0.15, -0.1) is 35.3 Å². The zero-order valence-electron chi connectivity index (χ0n) is 13.0. The Bertz CT molecular complexity index is 446. The van der Waals surface area contributed by atoms with Crippen LogP contribution in [0.1, 0.15) is 23.9 Å². The van der Waals surface area contributed by atoms with E-state index in [0.29, 0.717) is 12.5 Å². The van der Waals surface area contributed by atoms with E-state index in [1.165, 1.54) is 4.88 Å². The number of nitrogens with one attached hydrogen (secondary N) is 1. The van der Waals surface area contributed by atoms with E-state index in [-0.39, 0.29) is 24.0 Å². The minimum atomic E-state index is 0. The Morgan fingerprint density at radius 1 is 1.62 bits per heavy atom. The average molecular weight is 424 g/mol. The Kier molecular flexibility index (Phi) is 8.50. The number of halogens is 1. The molecule has 120 valence electrons. The van der Waals surface area contributed by atoms with E-state index in [4.69, 9.17) is 9.73 Å². The summed E-state index contributed by atoms with van der Waals surface area (Å²) in [5, 5.41) is 3.36. The first-order chi connectivity index (χ1) is 9.70. The van der Waals surface area contributed by atoms with Gasteiger partial charge < -0.3 is 15.0 Å². The second kappa shape index (κ2) is 9.58. The fraction of sp³-hybridized carbons (Fsp3) is 0.714. The molecule has 7 heteroatoms. The minimum absolute atomic E-state index is 0. The van der Waals surface area contributed by atoms with Crippen LogP contribution in [0.2, 0.25) is 0 Å². The predicted molar refractivity (Wildman–Crippen MR) is 98.6 cm³/mol. The van der Waals surface area contributed by atoms with Gasteiger partial charge in [0.05, 0.1) is 24.4 Å². The molecule has 0 bridgehead atoms. The van der Waals surface area contributed by atoms with Crippen molar-refractivity contribution in [3.8, 4) is 0 Å². The highest BCUT2D eigenvalue weighted by Crippen LogP contribution is 2.15. The van der Waals surface area contributed by atoms with Crippen LogP contribution >= 0.6 is 35.3 Å². The number of aromatic nitrogens is 1. The normalized spacial score (nSPS) is 18.4. The monoisotopic (exact) mass is 424 g/mol. The van der Waals surface area contributed by atoms with Crippen LogP contribution in [0.5, 0.6) is 0 Å². The van der Waals surface area contributed by atoms with Crippen molar-refractivity contribution in [1.29, 1.82) is 0 Å². The molecule has 1 aliphatic heterocycles. The lowest BCUT2D eigenvalue weighted by molar-refractivity contribution is 0.181. The Labute approximate surface area is 148 Å². The maximum Gasteiger partial charge on any atom is 0.194 e. The minimum Gasteiger partial charge on any atom is -0.381 e. The van der Waals surface area contributed by atoms with Crippen LogP contribution in [0.25, 0.3) is 0 Å². The zero-order chi connectivity index (χ0) is 14.4. The number of rotatable bonds is 5. The van der Waals surface area contributed by atoms with E-state index in [2.05, 4.69) is 29.2 Å². The quantitative estimate of drug-likeness (QED) is 0.449. The molecular weight excluding hydrogens is 399 g/mol. The van der Waals surface area contributed by atoms with Gasteiger partial charge in [0.25, 0.3) is 0 Å². The number of ether oxygens (including phenoxy) is 1. The van der Waals surface area contributed by atoms with Crippen molar-refractivity contribution in [2.75, 3.05) is 33.4 Å². The van der Waals surface area contributed by atoms with Crippen LogP contribution in [-0.2, 0) is 11.3 Å². The van der Waals surface area contributed by atoms with Crippen molar-refractivity contribution in [3.05, 3.63) is 16.1 Å². The second-order valence-corrected chi connectivity index (χ2v) is 6.08. The molecule has 1 atom stereocenters. The standard InChI is InChI=1S/C14H24N4OS.HI/c1-4-15-14(16-7-13-11(2)17-10-20-13)18(3)8-12-5-6-19-9-12;/h10,12H,4-9H2,1-3H3,(H,15,16);1H. The summed E-state index contributed by atoms with van der Waals surface area (Å²) in [7, 11) is 2.10. The van der Waals surface area contributed by atoms with Crippen molar-refractivity contribution in [1.82, 2.24) is 15.2 Å². The van der Waals surface area contributed by atoms with Gasteiger partial charge in [-0.05, 0) is 20.3 Å². The molecule has 0 radical (unpaired) electrons.